The molecule has 1 saturated carbocycles. The summed E-state index contributed by atoms with van der Waals surface area (Å²) in [4.78, 5) is 12.4. The second kappa shape index (κ2) is 9.13. The summed E-state index contributed by atoms with van der Waals surface area (Å²) in [7, 11) is -3.97. The maximum atomic E-state index is 12.8. The van der Waals surface area contributed by atoms with Crippen LogP contribution in [0.15, 0.2) is 29.2 Å². The Morgan fingerprint density at radius 2 is 1.80 bits per heavy atom. The van der Waals surface area contributed by atoms with Crippen LogP contribution in [0.25, 0.3) is 0 Å². The van der Waals surface area contributed by atoms with Crippen molar-refractivity contribution in [2.45, 2.75) is 62.7 Å². The highest BCUT2D eigenvalue weighted by Crippen LogP contribution is 2.29. The van der Waals surface area contributed by atoms with Gasteiger partial charge in [-0.15, -0.1) is 13.2 Å². The molecule has 2 aliphatic rings. The number of hydrogen-bond acceptors (Lipinski definition) is 4. The molecule has 0 aromatic heterocycles. The van der Waals surface area contributed by atoms with Crippen molar-refractivity contribution >= 4 is 15.9 Å². The largest absolute Gasteiger partial charge is 0.573 e. The Balaban J connectivity index is 1.60. The molecule has 1 aromatic carbocycles. The maximum absolute atomic E-state index is 12.8. The van der Waals surface area contributed by atoms with Crippen LogP contribution in [0.4, 0.5) is 13.2 Å². The van der Waals surface area contributed by atoms with Gasteiger partial charge < -0.3 is 10.1 Å². The molecule has 1 aliphatic carbocycles. The minimum atomic E-state index is -4.90. The normalized spacial score (nSPS) is 24.4. The topological polar surface area (TPSA) is 75.7 Å². The summed E-state index contributed by atoms with van der Waals surface area (Å²) < 4.78 is 67.9. The molecule has 30 heavy (non-hydrogen) atoms. The zero-order valence-corrected chi connectivity index (χ0v) is 17.6. The number of carbonyl (C=O) groups excluding carboxylic acids is 1. The van der Waals surface area contributed by atoms with Crippen LogP contribution < -0.4 is 10.1 Å². The Morgan fingerprint density at radius 3 is 2.43 bits per heavy atom. The third-order valence-electron chi connectivity index (χ3n) is 5.94. The minimum Gasteiger partial charge on any atom is -0.406 e. The fourth-order valence-electron chi connectivity index (χ4n) is 4.17. The molecule has 168 valence electrons. The van der Waals surface area contributed by atoms with Gasteiger partial charge in [0.05, 0.1) is 4.90 Å². The molecular weight excluding hydrogens is 421 g/mol. The number of halogens is 3. The molecule has 1 aromatic rings. The van der Waals surface area contributed by atoms with Crippen LogP contribution in [-0.4, -0.2) is 44.1 Å². The Bertz CT molecular complexity index is 852. The van der Waals surface area contributed by atoms with Gasteiger partial charge in [-0.05, 0) is 43.7 Å². The first-order valence-electron chi connectivity index (χ1n) is 10.2. The number of benzene rings is 1. The van der Waals surface area contributed by atoms with Crippen molar-refractivity contribution in [3.63, 3.8) is 0 Å². The second-order valence-electron chi connectivity index (χ2n) is 8.08. The molecule has 3 rings (SSSR count). The summed E-state index contributed by atoms with van der Waals surface area (Å²) in [5.41, 5.74) is 0. The number of nitrogens with one attached hydrogen (secondary N) is 1. The number of amides is 1. The first kappa shape index (κ1) is 22.9. The lowest BCUT2D eigenvalue weighted by atomic mass is 9.85. The highest BCUT2D eigenvalue weighted by molar-refractivity contribution is 7.89. The summed E-state index contributed by atoms with van der Waals surface area (Å²) in [6.45, 7) is 2.42. The first-order valence-corrected chi connectivity index (χ1v) is 11.7. The van der Waals surface area contributed by atoms with Gasteiger partial charge in [-0.1, -0.05) is 25.8 Å². The number of nitrogens with zero attached hydrogens (tertiary/aromatic N) is 1. The van der Waals surface area contributed by atoms with E-state index in [1.807, 2.05) is 0 Å². The van der Waals surface area contributed by atoms with E-state index in [1.165, 1.54) is 22.9 Å². The van der Waals surface area contributed by atoms with Crippen LogP contribution in [0.2, 0.25) is 0 Å². The average Bonchev–Trinajstić information content (AvgIpc) is 2.69. The zero-order valence-electron chi connectivity index (χ0n) is 16.8. The molecule has 2 atom stereocenters. The number of sulfonamides is 1. The van der Waals surface area contributed by atoms with E-state index in [1.54, 1.807) is 0 Å². The van der Waals surface area contributed by atoms with E-state index in [0.29, 0.717) is 18.8 Å². The van der Waals surface area contributed by atoms with Gasteiger partial charge in [-0.3, -0.25) is 4.79 Å². The smallest absolute Gasteiger partial charge is 0.406 e. The third kappa shape index (κ3) is 5.66. The number of piperidine rings is 1. The molecule has 1 aliphatic heterocycles. The molecule has 10 heteroatoms. The fourth-order valence-corrected chi connectivity index (χ4v) is 5.68. The molecular formula is C20H27F3N2O4S. The van der Waals surface area contributed by atoms with Crippen molar-refractivity contribution in [2.75, 3.05) is 13.1 Å². The number of ether oxygens (including phenoxy) is 1. The van der Waals surface area contributed by atoms with Gasteiger partial charge in [0, 0.05) is 31.1 Å². The van der Waals surface area contributed by atoms with E-state index in [2.05, 4.69) is 17.0 Å². The van der Waals surface area contributed by atoms with E-state index in [0.717, 1.165) is 31.4 Å². The van der Waals surface area contributed by atoms with Gasteiger partial charge >= 0.3 is 6.36 Å². The molecule has 0 spiro atoms. The Hall–Kier alpha value is -1.81. The van der Waals surface area contributed by atoms with Crippen molar-refractivity contribution < 1.29 is 31.1 Å². The number of carbonyl (C=O) groups is 1. The molecule has 1 heterocycles. The molecule has 2 fully saturated rings. The SMILES string of the molecule is CC1CCCCC1NC(=O)C1CCN(S(=O)(=O)c2cccc(OC(F)(F)F)c2)CC1. The Morgan fingerprint density at radius 1 is 1.13 bits per heavy atom. The summed E-state index contributed by atoms with van der Waals surface area (Å²) >= 11 is 0. The van der Waals surface area contributed by atoms with Crippen molar-refractivity contribution in [1.82, 2.24) is 9.62 Å². The van der Waals surface area contributed by atoms with Gasteiger partial charge in [0.15, 0.2) is 0 Å². The molecule has 0 radical (unpaired) electrons. The first-order chi connectivity index (χ1) is 14.1. The summed E-state index contributed by atoms with van der Waals surface area (Å²) in [6, 6.07) is 4.53. The highest BCUT2D eigenvalue weighted by Gasteiger charge is 2.35. The lowest BCUT2D eigenvalue weighted by molar-refractivity contribution is -0.274. The lowest BCUT2D eigenvalue weighted by Gasteiger charge is -2.34. The van der Waals surface area contributed by atoms with Gasteiger partial charge in [0.25, 0.3) is 0 Å². The van der Waals surface area contributed by atoms with Crippen LogP contribution in [0, 0.1) is 11.8 Å². The number of alkyl halides is 3. The number of hydrogen-bond donors (Lipinski definition) is 1. The van der Waals surface area contributed by atoms with Gasteiger partial charge in [-0.2, -0.15) is 4.31 Å². The summed E-state index contributed by atoms with van der Waals surface area (Å²) in [5, 5.41) is 3.12. The van der Waals surface area contributed by atoms with Crippen LogP contribution in [0.5, 0.6) is 5.75 Å². The Kier molecular flexibility index (Phi) is 6.96. The predicted octanol–water partition coefficient (Wildman–Crippen LogP) is 3.68. The maximum Gasteiger partial charge on any atom is 0.573 e. The molecule has 0 bridgehead atoms. The standard InChI is InChI=1S/C20H27F3N2O4S/c1-14-5-2-3-8-18(14)24-19(26)15-9-11-25(12-10-15)30(27,28)17-7-4-6-16(13-17)29-20(21,22)23/h4,6-7,13-15,18H,2-3,5,8-12H2,1H3,(H,24,26). The van der Waals surface area contributed by atoms with Gasteiger partial charge in [0.2, 0.25) is 15.9 Å². The Labute approximate surface area is 174 Å². The molecule has 2 unspecified atom stereocenters. The molecule has 6 nitrogen and oxygen atoms in total. The number of rotatable bonds is 5. The lowest BCUT2D eigenvalue weighted by Crippen LogP contribution is -2.47. The quantitative estimate of drug-likeness (QED) is 0.746. The fraction of sp³-hybridized carbons (Fsp3) is 0.650. The highest BCUT2D eigenvalue weighted by atomic mass is 32.2. The van der Waals surface area contributed by atoms with Gasteiger partial charge in [-0.25, -0.2) is 8.42 Å². The average molecular weight is 449 g/mol. The third-order valence-corrected chi connectivity index (χ3v) is 7.84. The van der Waals surface area contributed by atoms with E-state index < -0.39 is 22.1 Å². The molecule has 1 saturated heterocycles. The van der Waals surface area contributed by atoms with Crippen molar-refractivity contribution in [2.24, 2.45) is 11.8 Å². The second-order valence-corrected chi connectivity index (χ2v) is 10.0. The van der Waals surface area contributed by atoms with Gasteiger partial charge in [0.1, 0.15) is 5.75 Å². The van der Waals surface area contributed by atoms with Crippen molar-refractivity contribution in [3.05, 3.63) is 24.3 Å². The minimum absolute atomic E-state index is 0.0358. The van der Waals surface area contributed by atoms with Crippen LogP contribution in [-0.2, 0) is 14.8 Å². The zero-order chi connectivity index (χ0) is 21.9. The van der Waals surface area contributed by atoms with Crippen LogP contribution in [0.1, 0.15) is 45.4 Å². The van der Waals surface area contributed by atoms with Crippen molar-refractivity contribution in [3.8, 4) is 5.75 Å². The van der Waals surface area contributed by atoms with Crippen LogP contribution >= 0.6 is 0 Å². The summed E-state index contributed by atoms with van der Waals surface area (Å²) in [6.07, 6.45) is 0.205. The van der Waals surface area contributed by atoms with E-state index in [4.69, 9.17) is 0 Å². The molecule has 1 N–H and O–H groups in total. The monoisotopic (exact) mass is 448 g/mol. The van der Waals surface area contributed by atoms with E-state index in [9.17, 15) is 26.4 Å². The predicted molar refractivity (Wildman–Crippen MR) is 104 cm³/mol. The van der Waals surface area contributed by atoms with E-state index in [-0.39, 0.29) is 35.9 Å². The van der Waals surface area contributed by atoms with Crippen LogP contribution in [0.3, 0.4) is 0 Å². The molecule has 1 amide bonds. The van der Waals surface area contributed by atoms with E-state index >= 15 is 0 Å². The van der Waals surface area contributed by atoms with Crippen molar-refractivity contribution in [1.29, 1.82) is 0 Å². The summed E-state index contributed by atoms with van der Waals surface area (Å²) in [5.74, 6) is -0.439.